The fraction of sp³-hybridized carbons (Fsp3) is 0.500. The summed E-state index contributed by atoms with van der Waals surface area (Å²) >= 11 is 0. The number of nitrogens with two attached hydrogens (primary N) is 2. The van der Waals surface area contributed by atoms with Gasteiger partial charge < -0.3 is 21.1 Å². The van der Waals surface area contributed by atoms with Gasteiger partial charge in [-0.1, -0.05) is 6.07 Å². The Morgan fingerprint density at radius 3 is 2.56 bits per heavy atom. The maximum Gasteiger partial charge on any atom is 0.120 e. The number of hydrogen-bond acceptors (Lipinski definition) is 4. The lowest BCUT2D eigenvalue weighted by molar-refractivity contribution is 0.413. The number of methoxy groups -OCH3 is 1. The highest BCUT2D eigenvalue weighted by atomic mass is 16.5. The summed E-state index contributed by atoms with van der Waals surface area (Å²) < 4.78 is 5.21. The summed E-state index contributed by atoms with van der Waals surface area (Å²) in [5, 5.41) is 0. The van der Waals surface area contributed by atoms with Crippen molar-refractivity contribution < 1.29 is 4.74 Å². The highest BCUT2D eigenvalue weighted by Gasteiger charge is 2.22. The first kappa shape index (κ1) is 11.2. The molecule has 1 aliphatic rings. The molecule has 0 amide bonds. The molecule has 1 heterocycles. The monoisotopic (exact) mass is 221 g/mol. The van der Waals surface area contributed by atoms with Crippen LogP contribution in [0.5, 0.6) is 5.75 Å². The fourth-order valence-electron chi connectivity index (χ4n) is 2.20. The van der Waals surface area contributed by atoms with E-state index in [2.05, 4.69) is 11.0 Å². The number of nitrogens with zero attached hydrogens (tertiary/aromatic N) is 1. The Kier molecular flexibility index (Phi) is 3.31. The van der Waals surface area contributed by atoms with Crippen LogP contribution in [0.15, 0.2) is 24.3 Å². The molecule has 1 aromatic rings. The van der Waals surface area contributed by atoms with Crippen molar-refractivity contribution in [2.24, 2.45) is 11.5 Å². The lowest BCUT2D eigenvalue weighted by atomic mass is 10.0. The normalized spacial score (nSPS) is 25.6. The van der Waals surface area contributed by atoms with Gasteiger partial charge in [-0.15, -0.1) is 0 Å². The summed E-state index contributed by atoms with van der Waals surface area (Å²) in [5.74, 6) is 0.866. The van der Waals surface area contributed by atoms with Crippen LogP contribution in [-0.4, -0.2) is 32.3 Å². The Morgan fingerprint density at radius 1 is 1.25 bits per heavy atom. The summed E-state index contributed by atoms with van der Waals surface area (Å²) in [6.07, 6.45) is 0.903. The molecule has 1 aliphatic heterocycles. The summed E-state index contributed by atoms with van der Waals surface area (Å²) in [6, 6.07) is 8.33. The molecule has 2 atom stereocenters. The molecule has 4 nitrogen and oxygen atoms in total. The van der Waals surface area contributed by atoms with E-state index < -0.39 is 0 Å². The van der Waals surface area contributed by atoms with Crippen molar-refractivity contribution in [3.8, 4) is 5.75 Å². The Hall–Kier alpha value is -1.26. The maximum atomic E-state index is 5.97. The standard InChI is InChI=1S/C12H19N3O/c1-16-12-4-2-3-11(6-12)15-7-9(13)5-10(14)8-15/h2-4,6,9-10H,5,7-8,13-14H2,1H3. The van der Waals surface area contributed by atoms with Crippen molar-refractivity contribution >= 4 is 5.69 Å². The van der Waals surface area contributed by atoms with E-state index in [-0.39, 0.29) is 12.1 Å². The molecule has 0 spiro atoms. The summed E-state index contributed by atoms with van der Waals surface area (Å²) in [6.45, 7) is 1.72. The average molecular weight is 221 g/mol. The summed E-state index contributed by atoms with van der Waals surface area (Å²) in [5.41, 5.74) is 13.1. The largest absolute Gasteiger partial charge is 0.497 e. The summed E-state index contributed by atoms with van der Waals surface area (Å²) in [7, 11) is 1.67. The predicted molar refractivity (Wildman–Crippen MR) is 65.8 cm³/mol. The van der Waals surface area contributed by atoms with Crippen LogP contribution < -0.4 is 21.1 Å². The quantitative estimate of drug-likeness (QED) is 0.766. The van der Waals surface area contributed by atoms with E-state index in [4.69, 9.17) is 16.2 Å². The number of ether oxygens (including phenoxy) is 1. The molecule has 2 unspecified atom stereocenters. The number of hydrogen-bond donors (Lipinski definition) is 2. The van der Waals surface area contributed by atoms with Gasteiger partial charge >= 0.3 is 0 Å². The van der Waals surface area contributed by atoms with Gasteiger partial charge in [0.2, 0.25) is 0 Å². The van der Waals surface area contributed by atoms with Crippen LogP contribution in [0, 0.1) is 0 Å². The third-order valence-electron chi connectivity index (χ3n) is 2.93. The van der Waals surface area contributed by atoms with Crippen molar-refractivity contribution in [3.05, 3.63) is 24.3 Å². The lowest BCUT2D eigenvalue weighted by Gasteiger charge is -2.36. The molecule has 88 valence electrons. The van der Waals surface area contributed by atoms with Crippen LogP contribution in [0.3, 0.4) is 0 Å². The summed E-state index contributed by atoms with van der Waals surface area (Å²) in [4.78, 5) is 2.22. The first-order valence-corrected chi connectivity index (χ1v) is 5.59. The number of benzene rings is 1. The Morgan fingerprint density at radius 2 is 1.94 bits per heavy atom. The molecule has 0 bridgehead atoms. The molecular formula is C12H19N3O. The van der Waals surface area contributed by atoms with Gasteiger partial charge in [0, 0.05) is 36.9 Å². The second-order valence-corrected chi connectivity index (χ2v) is 4.36. The number of rotatable bonds is 2. The zero-order valence-corrected chi connectivity index (χ0v) is 9.60. The molecule has 16 heavy (non-hydrogen) atoms. The van der Waals surface area contributed by atoms with Gasteiger partial charge in [0.25, 0.3) is 0 Å². The minimum atomic E-state index is 0.162. The molecular weight excluding hydrogens is 202 g/mol. The minimum absolute atomic E-state index is 0.162. The molecule has 2 rings (SSSR count). The predicted octanol–water partition coefficient (Wildman–Crippen LogP) is 0.560. The van der Waals surface area contributed by atoms with E-state index in [1.54, 1.807) is 7.11 Å². The van der Waals surface area contributed by atoms with E-state index in [0.29, 0.717) is 0 Å². The first-order valence-electron chi connectivity index (χ1n) is 5.59. The average Bonchev–Trinajstić information content (AvgIpc) is 2.28. The van der Waals surface area contributed by atoms with Crippen LogP contribution in [0.25, 0.3) is 0 Å². The van der Waals surface area contributed by atoms with Gasteiger partial charge in [-0.2, -0.15) is 0 Å². The van der Waals surface area contributed by atoms with Crippen molar-refractivity contribution in [1.29, 1.82) is 0 Å². The van der Waals surface area contributed by atoms with E-state index in [9.17, 15) is 0 Å². The lowest BCUT2D eigenvalue weighted by Crippen LogP contribution is -2.52. The smallest absolute Gasteiger partial charge is 0.120 e. The Labute approximate surface area is 96.2 Å². The fourth-order valence-corrected chi connectivity index (χ4v) is 2.20. The van der Waals surface area contributed by atoms with E-state index in [1.165, 1.54) is 0 Å². The van der Waals surface area contributed by atoms with Crippen LogP contribution in [-0.2, 0) is 0 Å². The van der Waals surface area contributed by atoms with E-state index in [1.807, 2.05) is 18.2 Å². The Bertz CT molecular complexity index is 346. The molecule has 1 saturated heterocycles. The van der Waals surface area contributed by atoms with E-state index >= 15 is 0 Å². The highest BCUT2D eigenvalue weighted by Crippen LogP contribution is 2.23. The number of piperidine rings is 1. The topological polar surface area (TPSA) is 64.5 Å². The molecule has 0 aromatic heterocycles. The molecule has 0 aliphatic carbocycles. The first-order chi connectivity index (χ1) is 7.69. The van der Waals surface area contributed by atoms with Crippen molar-refractivity contribution in [3.63, 3.8) is 0 Å². The van der Waals surface area contributed by atoms with Crippen molar-refractivity contribution in [1.82, 2.24) is 0 Å². The van der Waals surface area contributed by atoms with Gasteiger partial charge in [0.05, 0.1) is 7.11 Å². The van der Waals surface area contributed by atoms with Gasteiger partial charge in [-0.25, -0.2) is 0 Å². The van der Waals surface area contributed by atoms with Gasteiger partial charge in [0.1, 0.15) is 5.75 Å². The number of anilines is 1. The second kappa shape index (κ2) is 4.72. The van der Waals surface area contributed by atoms with Crippen LogP contribution in [0.4, 0.5) is 5.69 Å². The molecule has 4 heteroatoms. The molecule has 1 fully saturated rings. The zero-order valence-electron chi connectivity index (χ0n) is 9.60. The van der Waals surface area contributed by atoms with Crippen molar-refractivity contribution in [2.75, 3.05) is 25.1 Å². The van der Waals surface area contributed by atoms with Crippen LogP contribution in [0.1, 0.15) is 6.42 Å². The zero-order chi connectivity index (χ0) is 11.5. The van der Waals surface area contributed by atoms with Crippen molar-refractivity contribution in [2.45, 2.75) is 18.5 Å². The molecule has 1 aromatic carbocycles. The molecule has 0 saturated carbocycles. The minimum Gasteiger partial charge on any atom is -0.497 e. The van der Waals surface area contributed by atoms with Crippen LogP contribution >= 0.6 is 0 Å². The molecule has 0 radical (unpaired) electrons. The maximum absolute atomic E-state index is 5.97. The van der Waals surface area contributed by atoms with Gasteiger partial charge in [0.15, 0.2) is 0 Å². The third kappa shape index (κ3) is 2.46. The van der Waals surface area contributed by atoms with Gasteiger partial charge in [-0.05, 0) is 18.6 Å². The highest BCUT2D eigenvalue weighted by molar-refractivity contribution is 5.51. The van der Waals surface area contributed by atoms with Crippen LogP contribution in [0.2, 0.25) is 0 Å². The Balaban J connectivity index is 2.16. The van der Waals surface area contributed by atoms with Gasteiger partial charge in [-0.3, -0.25) is 0 Å². The molecule has 4 N–H and O–H groups in total. The van der Waals surface area contributed by atoms with E-state index in [0.717, 1.165) is 30.9 Å². The third-order valence-corrected chi connectivity index (χ3v) is 2.93. The second-order valence-electron chi connectivity index (χ2n) is 4.36. The SMILES string of the molecule is COc1cccc(N2CC(N)CC(N)C2)c1.